The molecule has 0 aliphatic carbocycles. The molecule has 166 valence electrons. The first-order valence-electron chi connectivity index (χ1n) is 10.4. The van der Waals surface area contributed by atoms with Crippen molar-refractivity contribution < 1.29 is 23.9 Å². The van der Waals surface area contributed by atoms with Gasteiger partial charge in [0.1, 0.15) is 18.0 Å². The van der Waals surface area contributed by atoms with Crippen LogP contribution in [0.25, 0.3) is 0 Å². The van der Waals surface area contributed by atoms with E-state index in [9.17, 15) is 19.2 Å². The molecule has 9 heteroatoms. The smallest absolute Gasteiger partial charge is 0.269 e. The number of hydrogen-bond donors (Lipinski definition) is 2. The number of carbonyl (C=O) groups is 4. The molecule has 1 fully saturated rings. The minimum Gasteiger partial charge on any atom is -0.494 e. The Bertz CT molecular complexity index is 1080. The zero-order chi connectivity index (χ0) is 22.9. The molecule has 4 amide bonds. The van der Waals surface area contributed by atoms with Gasteiger partial charge in [0.25, 0.3) is 17.7 Å². The van der Waals surface area contributed by atoms with Crippen molar-refractivity contribution in [1.29, 1.82) is 0 Å². The van der Waals surface area contributed by atoms with Gasteiger partial charge < -0.3 is 9.64 Å². The summed E-state index contributed by atoms with van der Waals surface area (Å²) in [5.41, 5.74) is 5.03. The van der Waals surface area contributed by atoms with Gasteiger partial charge in [-0.1, -0.05) is 12.1 Å². The summed E-state index contributed by atoms with van der Waals surface area (Å²) in [5.74, 6) is -0.859. The fourth-order valence-corrected chi connectivity index (χ4v) is 4.19. The lowest BCUT2D eigenvalue weighted by Gasteiger charge is -2.48. The van der Waals surface area contributed by atoms with Crippen molar-refractivity contribution in [2.24, 2.45) is 0 Å². The molecule has 4 rings (SSSR count). The third-order valence-corrected chi connectivity index (χ3v) is 5.79. The van der Waals surface area contributed by atoms with Crippen molar-refractivity contribution >= 4 is 29.3 Å². The van der Waals surface area contributed by atoms with Gasteiger partial charge in [0, 0.05) is 12.0 Å². The third-order valence-electron chi connectivity index (χ3n) is 5.79. The maximum absolute atomic E-state index is 13.2. The second-order valence-electron chi connectivity index (χ2n) is 7.81. The van der Waals surface area contributed by atoms with E-state index in [-0.39, 0.29) is 24.8 Å². The van der Waals surface area contributed by atoms with Crippen LogP contribution >= 0.6 is 0 Å². The maximum Gasteiger partial charge on any atom is 0.269 e. The van der Waals surface area contributed by atoms with Gasteiger partial charge in [-0.3, -0.25) is 34.9 Å². The van der Waals surface area contributed by atoms with Crippen LogP contribution in [0, 0.1) is 0 Å². The highest BCUT2D eigenvalue weighted by Crippen LogP contribution is 2.43. The molecule has 9 nitrogen and oxygen atoms in total. The molecular formula is C23H24N4O5. The topological polar surface area (TPSA) is 108 Å². The van der Waals surface area contributed by atoms with Crippen LogP contribution in [0.15, 0.2) is 48.5 Å². The lowest BCUT2D eigenvalue weighted by Crippen LogP contribution is -2.64. The number of anilines is 1. The van der Waals surface area contributed by atoms with Crippen LogP contribution in [0.3, 0.4) is 0 Å². The Morgan fingerprint density at radius 1 is 1.06 bits per heavy atom. The van der Waals surface area contributed by atoms with Crippen molar-refractivity contribution in [1.82, 2.24) is 15.8 Å². The number of amides is 4. The third kappa shape index (κ3) is 3.66. The first-order valence-corrected chi connectivity index (χ1v) is 10.4. The highest BCUT2D eigenvalue weighted by atomic mass is 16.5. The Morgan fingerprint density at radius 3 is 2.50 bits per heavy atom. The van der Waals surface area contributed by atoms with Crippen LogP contribution in [0.4, 0.5) is 5.69 Å². The van der Waals surface area contributed by atoms with E-state index in [1.54, 1.807) is 60.4 Å². The van der Waals surface area contributed by atoms with Crippen LogP contribution in [0.1, 0.15) is 47.4 Å². The summed E-state index contributed by atoms with van der Waals surface area (Å²) in [6, 6.07) is 13.4. The lowest BCUT2D eigenvalue weighted by molar-refractivity contribution is -0.124. The van der Waals surface area contributed by atoms with E-state index in [1.165, 1.54) is 4.90 Å². The zero-order valence-corrected chi connectivity index (χ0v) is 17.9. The number of fused-ring (bicyclic) bond motifs is 3. The Hall–Kier alpha value is -3.88. The van der Waals surface area contributed by atoms with Gasteiger partial charge in [-0.15, -0.1) is 0 Å². The Balaban J connectivity index is 1.45. The van der Waals surface area contributed by atoms with Crippen molar-refractivity contribution in [3.63, 3.8) is 0 Å². The summed E-state index contributed by atoms with van der Waals surface area (Å²) < 4.78 is 5.34. The average Bonchev–Trinajstić information content (AvgIpc) is 3.11. The molecule has 0 bridgehead atoms. The molecular weight excluding hydrogens is 412 g/mol. The summed E-state index contributed by atoms with van der Waals surface area (Å²) in [5, 5.41) is 0. The van der Waals surface area contributed by atoms with Gasteiger partial charge in [-0.05, 0) is 56.7 Å². The van der Waals surface area contributed by atoms with Crippen molar-refractivity contribution in [3.8, 4) is 5.75 Å². The highest BCUT2D eigenvalue weighted by molar-refractivity contribution is 6.11. The number of rotatable bonds is 5. The number of benzene rings is 2. The largest absolute Gasteiger partial charge is 0.494 e. The van der Waals surface area contributed by atoms with Crippen LogP contribution in [-0.4, -0.2) is 47.3 Å². The van der Waals surface area contributed by atoms with E-state index in [0.29, 0.717) is 35.6 Å². The van der Waals surface area contributed by atoms with Gasteiger partial charge in [-0.25, -0.2) is 0 Å². The lowest BCUT2D eigenvalue weighted by atomic mass is 9.98. The van der Waals surface area contributed by atoms with E-state index < -0.39 is 17.5 Å². The van der Waals surface area contributed by atoms with E-state index in [4.69, 9.17) is 4.74 Å². The molecule has 2 heterocycles. The monoisotopic (exact) mass is 436 g/mol. The van der Waals surface area contributed by atoms with Crippen LogP contribution in [0.2, 0.25) is 0 Å². The minimum atomic E-state index is -0.945. The van der Waals surface area contributed by atoms with Crippen molar-refractivity contribution in [3.05, 3.63) is 59.7 Å². The highest BCUT2D eigenvalue weighted by Gasteiger charge is 2.53. The SMILES string of the molecule is CCOc1ccc(C(=O)NNC(=O)CN2C(=O)c3ccccc3N3C(=O)CCC23C)cc1. The Morgan fingerprint density at radius 2 is 1.78 bits per heavy atom. The first kappa shape index (κ1) is 21.4. The molecule has 1 atom stereocenters. The van der Waals surface area contributed by atoms with Crippen LogP contribution in [-0.2, 0) is 9.59 Å². The van der Waals surface area contributed by atoms with E-state index in [1.807, 2.05) is 6.92 Å². The summed E-state index contributed by atoms with van der Waals surface area (Å²) in [6.07, 6.45) is 0.697. The molecule has 1 saturated heterocycles. The van der Waals surface area contributed by atoms with Gasteiger partial charge in [0.2, 0.25) is 5.91 Å². The standard InChI is InChI=1S/C23H24N4O5/c1-3-32-16-10-8-15(9-11-16)21(30)25-24-19(28)14-26-22(31)17-6-4-5-7-18(17)27-20(29)12-13-23(26,27)2/h4-11H,3,12-14H2,1-2H3,(H,24,28)(H,25,30). The van der Waals surface area contributed by atoms with Gasteiger partial charge in [-0.2, -0.15) is 0 Å². The fraction of sp³-hybridized carbons (Fsp3) is 0.304. The molecule has 0 aromatic heterocycles. The van der Waals surface area contributed by atoms with E-state index in [2.05, 4.69) is 10.9 Å². The van der Waals surface area contributed by atoms with Crippen LogP contribution < -0.4 is 20.5 Å². The molecule has 2 N–H and O–H groups in total. The first-order chi connectivity index (χ1) is 15.3. The number of nitrogens with zero attached hydrogens (tertiary/aromatic N) is 2. The number of para-hydroxylation sites is 1. The number of hydrogen-bond acceptors (Lipinski definition) is 5. The minimum absolute atomic E-state index is 0.0957. The molecule has 1 unspecified atom stereocenters. The Kier molecular flexibility index (Phi) is 5.56. The second kappa shape index (κ2) is 8.33. The summed E-state index contributed by atoms with van der Waals surface area (Å²) in [4.78, 5) is 53.7. The average molecular weight is 436 g/mol. The molecule has 0 spiro atoms. The quantitative estimate of drug-likeness (QED) is 0.696. The molecule has 2 aliphatic rings. The molecule has 32 heavy (non-hydrogen) atoms. The number of carbonyl (C=O) groups excluding carboxylic acids is 4. The molecule has 0 saturated carbocycles. The predicted octanol–water partition coefficient (Wildman–Crippen LogP) is 1.85. The molecule has 2 aromatic carbocycles. The summed E-state index contributed by atoms with van der Waals surface area (Å²) >= 11 is 0. The zero-order valence-electron chi connectivity index (χ0n) is 17.9. The number of nitrogens with one attached hydrogen (secondary N) is 2. The predicted molar refractivity (Wildman–Crippen MR) is 116 cm³/mol. The summed E-state index contributed by atoms with van der Waals surface area (Å²) in [6.45, 7) is 3.85. The van der Waals surface area contributed by atoms with Crippen LogP contribution in [0.5, 0.6) is 5.75 Å². The summed E-state index contributed by atoms with van der Waals surface area (Å²) in [7, 11) is 0. The van der Waals surface area contributed by atoms with E-state index in [0.717, 1.165) is 0 Å². The maximum atomic E-state index is 13.2. The normalized spacial score (nSPS) is 19.3. The van der Waals surface area contributed by atoms with Gasteiger partial charge in [0.05, 0.1) is 17.9 Å². The van der Waals surface area contributed by atoms with Crippen molar-refractivity contribution in [2.75, 3.05) is 18.1 Å². The van der Waals surface area contributed by atoms with Gasteiger partial charge >= 0.3 is 0 Å². The molecule has 0 radical (unpaired) electrons. The number of hydrazine groups is 1. The fourth-order valence-electron chi connectivity index (χ4n) is 4.19. The van der Waals surface area contributed by atoms with Crippen molar-refractivity contribution in [2.45, 2.75) is 32.4 Å². The molecule has 2 aliphatic heterocycles. The number of ether oxygens (including phenoxy) is 1. The second-order valence-corrected chi connectivity index (χ2v) is 7.81. The van der Waals surface area contributed by atoms with Gasteiger partial charge in [0.15, 0.2) is 0 Å². The molecule has 2 aromatic rings. The Labute approximate surface area is 185 Å². The van der Waals surface area contributed by atoms with E-state index >= 15 is 0 Å².